The molecule has 1 aliphatic rings. The summed E-state index contributed by atoms with van der Waals surface area (Å²) in [6, 6.07) is 1.82. The molecule has 0 aliphatic carbocycles. The van der Waals surface area contributed by atoms with E-state index in [1.807, 2.05) is 6.07 Å². The molecule has 0 radical (unpaired) electrons. The van der Waals surface area contributed by atoms with Crippen LogP contribution in [-0.2, 0) is 16.1 Å². The van der Waals surface area contributed by atoms with Crippen molar-refractivity contribution in [2.75, 3.05) is 18.6 Å². The SMILES string of the molecule is COCc1ccsc1C(=O)NC1(C(=O)O)CCSC1. The number of carboxylic acids is 1. The number of hydrogen-bond acceptors (Lipinski definition) is 5. The molecule has 0 spiro atoms. The van der Waals surface area contributed by atoms with Crippen molar-refractivity contribution < 1.29 is 19.4 Å². The molecule has 1 fully saturated rings. The lowest BCUT2D eigenvalue weighted by Crippen LogP contribution is -2.54. The van der Waals surface area contributed by atoms with Gasteiger partial charge in [-0.05, 0) is 23.6 Å². The second kappa shape index (κ2) is 5.94. The molecule has 1 aliphatic heterocycles. The highest BCUT2D eigenvalue weighted by atomic mass is 32.2. The number of amides is 1. The maximum Gasteiger partial charge on any atom is 0.330 e. The van der Waals surface area contributed by atoms with Gasteiger partial charge in [-0.25, -0.2) is 4.79 Å². The molecule has 1 aromatic heterocycles. The zero-order chi connectivity index (χ0) is 13.9. The van der Waals surface area contributed by atoms with E-state index in [1.54, 1.807) is 24.3 Å². The maximum atomic E-state index is 12.2. The molecule has 0 saturated carbocycles. The Kier molecular flexibility index (Phi) is 4.49. The number of nitrogens with one attached hydrogen (secondary N) is 1. The third-order valence-electron chi connectivity index (χ3n) is 3.04. The second-order valence-corrected chi connectivity index (χ2v) is 6.37. The summed E-state index contributed by atoms with van der Waals surface area (Å²) in [4.78, 5) is 24.2. The molecule has 0 bridgehead atoms. The second-order valence-electron chi connectivity index (χ2n) is 4.35. The van der Waals surface area contributed by atoms with Crippen LogP contribution in [0.4, 0.5) is 0 Å². The van der Waals surface area contributed by atoms with E-state index in [4.69, 9.17) is 4.74 Å². The summed E-state index contributed by atoms with van der Waals surface area (Å²) < 4.78 is 5.03. The molecule has 19 heavy (non-hydrogen) atoms. The molecule has 104 valence electrons. The van der Waals surface area contributed by atoms with Crippen LogP contribution in [0.3, 0.4) is 0 Å². The number of hydrogen-bond donors (Lipinski definition) is 2. The van der Waals surface area contributed by atoms with Crippen LogP contribution in [0, 0.1) is 0 Å². The standard InChI is InChI=1S/C12H15NO4S2/c1-17-6-8-2-4-19-9(8)10(14)13-12(11(15)16)3-5-18-7-12/h2,4H,3,5-7H2,1H3,(H,13,14)(H,15,16). The van der Waals surface area contributed by atoms with Gasteiger partial charge in [0.15, 0.2) is 0 Å². The fourth-order valence-corrected chi connectivity index (χ4v) is 4.09. The van der Waals surface area contributed by atoms with Crippen molar-refractivity contribution in [1.29, 1.82) is 0 Å². The van der Waals surface area contributed by atoms with Gasteiger partial charge in [0, 0.05) is 18.4 Å². The van der Waals surface area contributed by atoms with Gasteiger partial charge >= 0.3 is 5.97 Å². The maximum absolute atomic E-state index is 12.2. The van der Waals surface area contributed by atoms with E-state index in [0.29, 0.717) is 23.7 Å². The molecule has 2 N–H and O–H groups in total. The summed E-state index contributed by atoms with van der Waals surface area (Å²) >= 11 is 2.85. The van der Waals surface area contributed by atoms with Crippen molar-refractivity contribution >= 4 is 35.0 Å². The lowest BCUT2D eigenvalue weighted by molar-refractivity contribution is -0.143. The van der Waals surface area contributed by atoms with Crippen molar-refractivity contribution in [3.8, 4) is 0 Å². The molecule has 2 rings (SSSR count). The first-order valence-electron chi connectivity index (χ1n) is 5.78. The third kappa shape index (κ3) is 2.93. The van der Waals surface area contributed by atoms with Crippen LogP contribution in [0.2, 0.25) is 0 Å². The number of methoxy groups -OCH3 is 1. The van der Waals surface area contributed by atoms with Crippen molar-refractivity contribution in [2.24, 2.45) is 0 Å². The third-order valence-corrected chi connectivity index (χ3v) is 5.18. The lowest BCUT2D eigenvalue weighted by atomic mass is 9.99. The average Bonchev–Trinajstić information content (AvgIpc) is 2.99. The Hall–Kier alpha value is -1.05. The van der Waals surface area contributed by atoms with E-state index < -0.39 is 11.5 Å². The minimum atomic E-state index is -1.13. The number of thiophene rings is 1. The minimum absolute atomic E-state index is 0.327. The Morgan fingerprint density at radius 1 is 1.58 bits per heavy atom. The first-order valence-corrected chi connectivity index (χ1v) is 7.81. The van der Waals surface area contributed by atoms with Gasteiger partial charge in [0.25, 0.3) is 5.91 Å². The highest BCUT2D eigenvalue weighted by Gasteiger charge is 2.43. The Morgan fingerprint density at radius 2 is 2.37 bits per heavy atom. The summed E-state index contributed by atoms with van der Waals surface area (Å²) in [7, 11) is 1.56. The number of thioether (sulfide) groups is 1. The molecule has 1 unspecified atom stereocenters. The van der Waals surface area contributed by atoms with Gasteiger partial charge in [-0.1, -0.05) is 0 Å². The number of carbonyl (C=O) groups excluding carboxylic acids is 1. The Morgan fingerprint density at radius 3 is 2.95 bits per heavy atom. The molecule has 1 saturated heterocycles. The summed E-state index contributed by atoms with van der Waals surface area (Å²) in [5.74, 6) is -0.122. The quantitative estimate of drug-likeness (QED) is 0.863. The highest BCUT2D eigenvalue weighted by Crippen LogP contribution is 2.29. The van der Waals surface area contributed by atoms with Gasteiger partial charge in [-0.15, -0.1) is 11.3 Å². The van der Waals surface area contributed by atoms with Crippen LogP contribution < -0.4 is 5.32 Å². The topological polar surface area (TPSA) is 75.6 Å². The van der Waals surface area contributed by atoms with Crippen LogP contribution in [-0.4, -0.2) is 41.1 Å². The van der Waals surface area contributed by atoms with Crippen molar-refractivity contribution in [3.63, 3.8) is 0 Å². The van der Waals surface area contributed by atoms with E-state index in [-0.39, 0.29) is 5.91 Å². The first kappa shape index (κ1) is 14.4. The van der Waals surface area contributed by atoms with Gasteiger partial charge < -0.3 is 15.2 Å². The largest absolute Gasteiger partial charge is 0.479 e. The van der Waals surface area contributed by atoms with Gasteiger partial charge in [0.2, 0.25) is 0 Å². The summed E-state index contributed by atoms with van der Waals surface area (Å²) in [5.41, 5.74) is -0.341. The fourth-order valence-electron chi connectivity index (χ4n) is 1.96. The van der Waals surface area contributed by atoms with E-state index in [2.05, 4.69) is 5.32 Å². The van der Waals surface area contributed by atoms with Crippen molar-refractivity contribution in [2.45, 2.75) is 18.6 Å². The Labute approximate surface area is 119 Å². The molecule has 5 nitrogen and oxygen atoms in total. The van der Waals surface area contributed by atoms with Crippen molar-refractivity contribution in [1.82, 2.24) is 5.32 Å². The predicted molar refractivity (Wildman–Crippen MR) is 74.8 cm³/mol. The number of carbonyl (C=O) groups is 2. The van der Waals surface area contributed by atoms with E-state index in [1.165, 1.54) is 11.3 Å². The van der Waals surface area contributed by atoms with E-state index in [0.717, 1.165) is 11.3 Å². The lowest BCUT2D eigenvalue weighted by Gasteiger charge is -2.24. The zero-order valence-electron chi connectivity index (χ0n) is 10.5. The average molecular weight is 301 g/mol. The Balaban J connectivity index is 2.15. The number of ether oxygens (including phenoxy) is 1. The Bertz CT molecular complexity index is 480. The van der Waals surface area contributed by atoms with Gasteiger partial charge in [0.05, 0.1) is 11.5 Å². The van der Waals surface area contributed by atoms with Crippen LogP contribution in [0.5, 0.6) is 0 Å². The molecule has 0 aromatic carbocycles. The molecule has 1 atom stereocenters. The predicted octanol–water partition coefficient (Wildman–Crippen LogP) is 1.58. The summed E-state index contributed by atoms with van der Waals surface area (Å²) in [5, 5.41) is 13.8. The van der Waals surface area contributed by atoms with Crippen LogP contribution in [0.15, 0.2) is 11.4 Å². The first-order chi connectivity index (χ1) is 9.09. The number of rotatable bonds is 5. The van der Waals surface area contributed by atoms with E-state index >= 15 is 0 Å². The minimum Gasteiger partial charge on any atom is -0.479 e. The number of carboxylic acid groups (broad SMARTS) is 1. The smallest absolute Gasteiger partial charge is 0.330 e. The van der Waals surface area contributed by atoms with Gasteiger partial charge in [-0.3, -0.25) is 4.79 Å². The molecule has 2 heterocycles. The zero-order valence-corrected chi connectivity index (χ0v) is 12.1. The molecule has 7 heteroatoms. The fraction of sp³-hybridized carbons (Fsp3) is 0.500. The van der Waals surface area contributed by atoms with Gasteiger partial charge in [0.1, 0.15) is 5.54 Å². The normalized spacial score (nSPS) is 22.4. The summed E-state index contributed by atoms with van der Waals surface area (Å²) in [6.45, 7) is 0.348. The highest BCUT2D eigenvalue weighted by molar-refractivity contribution is 7.99. The summed E-state index contributed by atoms with van der Waals surface area (Å²) in [6.07, 6.45) is 0.462. The molecular formula is C12H15NO4S2. The van der Waals surface area contributed by atoms with Crippen molar-refractivity contribution in [3.05, 3.63) is 21.9 Å². The van der Waals surface area contributed by atoms with Crippen LogP contribution >= 0.6 is 23.1 Å². The van der Waals surface area contributed by atoms with Crippen LogP contribution in [0.1, 0.15) is 21.7 Å². The van der Waals surface area contributed by atoms with Gasteiger partial charge in [-0.2, -0.15) is 11.8 Å². The van der Waals surface area contributed by atoms with Crippen LogP contribution in [0.25, 0.3) is 0 Å². The molecule has 1 amide bonds. The molecular weight excluding hydrogens is 286 g/mol. The van der Waals surface area contributed by atoms with E-state index in [9.17, 15) is 14.7 Å². The molecule has 1 aromatic rings. The number of aliphatic carboxylic acids is 1. The monoisotopic (exact) mass is 301 g/mol.